The Morgan fingerprint density at radius 3 is 2.80 bits per heavy atom. The standard InChI is InChI=1S/C26H32N2O2/c1-2-30-14-6-13-27-26(29)20-11-12-22-21(16-20)23-18-9-10-19(15-18)24(23)25(28-22)17-7-4-3-5-8-17/h3-5,7-8,11-12,16,18-19,23-25,28H,2,6,9-10,13-15H2,1H3,(H,27,29)/t18-,19-,23-,24+,25+/m1/s1. The van der Waals surface area contributed by atoms with Gasteiger partial charge in [0.1, 0.15) is 0 Å². The largest absolute Gasteiger partial charge is 0.382 e. The number of ether oxygens (including phenoxy) is 1. The number of hydrogen-bond acceptors (Lipinski definition) is 3. The molecule has 5 atom stereocenters. The van der Waals surface area contributed by atoms with E-state index in [4.69, 9.17) is 4.74 Å². The van der Waals surface area contributed by atoms with E-state index in [1.165, 1.54) is 36.1 Å². The molecular weight excluding hydrogens is 372 g/mol. The highest BCUT2D eigenvalue weighted by atomic mass is 16.5. The zero-order valence-corrected chi connectivity index (χ0v) is 17.8. The van der Waals surface area contributed by atoms with Crippen LogP contribution >= 0.6 is 0 Å². The van der Waals surface area contributed by atoms with Gasteiger partial charge in [0.05, 0.1) is 6.04 Å². The van der Waals surface area contributed by atoms with Crippen molar-refractivity contribution in [3.05, 3.63) is 65.2 Å². The van der Waals surface area contributed by atoms with Gasteiger partial charge in [0.2, 0.25) is 0 Å². The van der Waals surface area contributed by atoms with Gasteiger partial charge in [-0.25, -0.2) is 0 Å². The predicted molar refractivity (Wildman–Crippen MR) is 120 cm³/mol. The van der Waals surface area contributed by atoms with Crippen molar-refractivity contribution in [2.24, 2.45) is 17.8 Å². The Balaban J connectivity index is 1.39. The Labute approximate surface area is 179 Å². The van der Waals surface area contributed by atoms with Gasteiger partial charge in [0, 0.05) is 31.0 Å². The fourth-order valence-electron chi connectivity index (χ4n) is 6.24. The van der Waals surface area contributed by atoms with Crippen LogP contribution in [0.5, 0.6) is 0 Å². The third kappa shape index (κ3) is 3.51. The first-order valence-corrected chi connectivity index (χ1v) is 11.6. The highest BCUT2D eigenvalue weighted by Crippen LogP contribution is 2.63. The first-order valence-electron chi connectivity index (χ1n) is 11.6. The van der Waals surface area contributed by atoms with Crippen LogP contribution in [0.3, 0.4) is 0 Å². The highest BCUT2D eigenvalue weighted by Gasteiger charge is 2.53. The zero-order chi connectivity index (χ0) is 20.5. The van der Waals surface area contributed by atoms with Crippen molar-refractivity contribution in [1.82, 2.24) is 5.32 Å². The van der Waals surface area contributed by atoms with Crippen LogP contribution in [0.4, 0.5) is 5.69 Å². The second-order valence-corrected chi connectivity index (χ2v) is 9.08. The number of nitrogens with one attached hydrogen (secondary N) is 2. The van der Waals surface area contributed by atoms with Crippen LogP contribution in [0.25, 0.3) is 0 Å². The smallest absolute Gasteiger partial charge is 0.251 e. The Morgan fingerprint density at radius 2 is 1.97 bits per heavy atom. The Kier molecular flexibility index (Phi) is 5.51. The molecule has 30 heavy (non-hydrogen) atoms. The van der Waals surface area contributed by atoms with Gasteiger partial charge in [-0.1, -0.05) is 30.3 Å². The van der Waals surface area contributed by atoms with Gasteiger partial charge in [0.15, 0.2) is 0 Å². The van der Waals surface area contributed by atoms with E-state index in [1.54, 1.807) is 0 Å². The fourth-order valence-corrected chi connectivity index (χ4v) is 6.24. The summed E-state index contributed by atoms with van der Waals surface area (Å²) in [7, 11) is 0. The van der Waals surface area contributed by atoms with Gasteiger partial charge in [-0.3, -0.25) is 4.79 Å². The molecule has 0 radical (unpaired) electrons. The summed E-state index contributed by atoms with van der Waals surface area (Å²) < 4.78 is 5.36. The molecule has 158 valence electrons. The first-order chi connectivity index (χ1) is 14.8. The fraction of sp³-hybridized carbons (Fsp3) is 0.500. The monoisotopic (exact) mass is 404 g/mol. The molecule has 0 aromatic heterocycles. The van der Waals surface area contributed by atoms with E-state index in [1.807, 2.05) is 13.0 Å². The van der Waals surface area contributed by atoms with Crippen LogP contribution in [-0.4, -0.2) is 25.7 Å². The van der Waals surface area contributed by atoms with E-state index >= 15 is 0 Å². The molecule has 2 N–H and O–H groups in total. The third-order valence-electron chi connectivity index (χ3n) is 7.46. The molecule has 2 aromatic rings. The summed E-state index contributed by atoms with van der Waals surface area (Å²) in [5.74, 6) is 2.77. The van der Waals surface area contributed by atoms with E-state index in [0.717, 1.165) is 30.4 Å². The highest BCUT2D eigenvalue weighted by molar-refractivity contribution is 5.95. The number of amides is 1. The quantitative estimate of drug-likeness (QED) is 0.628. The number of benzene rings is 2. The van der Waals surface area contributed by atoms with E-state index in [2.05, 4.69) is 53.1 Å². The summed E-state index contributed by atoms with van der Waals surface area (Å²) in [6.07, 6.45) is 4.87. The van der Waals surface area contributed by atoms with E-state index in [-0.39, 0.29) is 5.91 Å². The summed E-state index contributed by atoms with van der Waals surface area (Å²) in [5.41, 5.74) is 4.75. The molecular formula is C26H32N2O2. The van der Waals surface area contributed by atoms with Crippen molar-refractivity contribution in [3.63, 3.8) is 0 Å². The molecule has 4 heteroatoms. The lowest BCUT2D eigenvalue weighted by atomic mass is 9.68. The van der Waals surface area contributed by atoms with E-state index in [9.17, 15) is 4.79 Å². The van der Waals surface area contributed by atoms with Crippen LogP contribution < -0.4 is 10.6 Å². The van der Waals surface area contributed by atoms with Crippen LogP contribution in [0.15, 0.2) is 48.5 Å². The van der Waals surface area contributed by atoms with Gasteiger partial charge in [0.25, 0.3) is 5.91 Å². The molecule has 4 nitrogen and oxygen atoms in total. The minimum atomic E-state index is 0.0270. The number of carbonyl (C=O) groups is 1. The molecule has 2 aliphatic carbocycles. The zero-order valence-electron chi connectivity index (χ0n) is 17.8. The van der Waals surface area contributed by atoms with Crippen molar-refractivity contribution in [2.45, 2.75) is 44.6 Å². The number of rotatable bonds is 7. The van der Waals surface area contributed by atoms with Gasteiger partial charge in [-0.15, -0.1) is 0 Å². The summed E-state index contributed by atoms with van der Waals surface area (Å²) in [4.78, 5) is 12.7. The predicted octanol–water partition coefficient (Wildman–Crippen LogP) is 5.14. The molecule has 1 aliphatic heterocycles. The molecule has 1 amide bonds. The van der Waals surface area contributed by atoms with Crippen molar-refractivity contribution in [2.75, 3.05) is 25.1 Å². The second-order valence-electron chi connectivity index (χ2n) is 9.08. The van der Waals surface area contributed by atoms with Crippen LogP contribution in [0.2, 0.25) is 0 Å². The molecule has 2 fully saturated rings. The van der Waals surface area contributed by atoms with Crippen LogP contribution in [0, 0.1) is 17.8 Å². The topological polar surface area (TPSA) is 50.4 Å². The van der Waals surface area contributed by atoms with Crippen LogP contribution in [-0.2, 0) is 4.74 Å². The number of fused-ring (bicyclic) bond motifs is 7. The molecule has 5 rings (SSSR count). The lowest BCUT2D eigenvalue weighted by Crippen LogP contribution is -2.35. The molecule has 0 saturated heterocycles. The molecule has 2 bridgehead atoms. The second kappa shape index (κ2) is 8.43. The maximum absolute atomic E-state index is 12.7. The molecule has 2 saturated carbocycles. The van der Waals surface area contributed by atoms with Gasteiger partial charge < -0.3 is 15.4 Å². The SMILES string of the molecule is CCOCCCNC(=O)c1ccc2c(c1)[C@H]1[C@@H]3CC[C@H](C3)[C@@H]1[C@H](c1ccccc1)N2. The minimum Gasteiger partial charge on any atom is -0.382 e. The van der Waals surface area contributed by atoms with E-state index in [0.29, 0.717) is 31.0 Å². The minimum absolute atomic E-state index is 0.0270. The molecule has 0 unspecified atom stereocenters. The maximum atomic E-state index is 12.7. The first kappa shape index (κ1) is 19.6. The normalized spacial score (nSPS) is 28.5. The maximum Gasteiger partial charge on any atom is 0.251 e. The van der Waals surface area contributed by atoms with Crippen molar-refractivity contribution in [3.8, 4) is 0 Å². The third-order valence-corrected chi connectivity index (χ3v) is 7.46. The summed E-state index contributed by atoms with van der Waals surface area (Å²) in [5, 5.41) is 6.91. The van der Waals surface area contributed by atoms with Crippen molar-refractivity contribution in [1.29, 1.82) is 0 Å². The molecule has 1 heterocycles. The summed E-state index contributed by atoms with van der Waals surface area (Å²) in [6, 6.07) is 17.5. The summed E-state index contributed by atoms with van der Waals surface area (Å²) in [6.45, 7) is 4.06. The van der Waals surface area contributed by atoms with Crippen molar-refractivity contribution < 1.29 is 9.53 Å². The van der Waals surface area contributed by atoms with Gasteiger partial charge in [-0.2, -0.15) is 0 Å². The summed E-state index contributed by atoms with van der Waals surface area (Å²) >= 11 is 0. The van der Waals surface area contributed by atoms with Gasteiger partial charge >= 0.3 is 0 Å². The Bertz CT molecular complexity index is 897. The molecule has 3 aliphatic rings. The Hall–Kier alpha value is -2.33. The lowest BCUT2D eigenvalue weighted by molar-refractivity contribution is 0.0944. The Morgan fingerprint density at radius 1 is 1.13 bits per heavy atom. The molecule has 2 aromatic carbocycles. The van der Waals surface area contributed by atoms with Crippen LogP contribution in [0.1, 0.15) is 66.1 Å². The average Bonchev–Trinajstić information content (AvgIpc) is 3.41. The number of anilines is 1. The van der Waals surface area contributed by atoms with E-state index < -0.39 is 0 Å². The van der Waals surface area contributed by atoms with Crippen molar-refractivity contribution >= 4 is 11.6 Å². The number of carbonyl (C=O) groups excluding carboxylic acids is 1. The average molecular weight is 405 g/mol. The molecule has 0 spiro atoms. The number of hydrogen-bond donors (Lipinski definition) is 2. The lowest BCUT2D eigenvalue weighted by Gasteiger charge is -2.43. The van der Waals surface area contributed by atoms with Gasteiger partial charge in [-0.05, 0) is 85.6 Å².